The number of halogens is 2. The van der Waals surface area contributed by atoms with E-state index < -0.39 is 23.1 Å². The van der Waals surface area contributed by atoms with Crippen LogP contribution in [0.3, 0.4) is 0 Å². The molecule has 1 heterocycles. The van der Waals surface area contributed by atoms with Gasteiger partial charge in [0, 0.05) is 32.2 Å². The highest BCUT2D eigenvalue weighted by Crippen LogP contribution is 2.25. The minimum Gasteiger partial charge on any atom is -0.391 e. The standard InChI is InChI=1S/C16H20F2N2O2/c17-11-3-1-4-12(18)15(11)16(22)20-9-7-19(8-10-20)13-5-2-6-14(13)21/h1,3-4,13-14,21H,2,5-10H2/t13-,14-/m0/s1. The Kier molecular flexibility index (Phi) is 4.40. The molecular formula is C16H20F2N2O2. The van der Waals surface area contributed by atoms with Crippen molar-refractivity contribution in [3.05, 3.63) is 35.4 Å². The molecule has 120 valence electrons. The minimum absolute atomic E-state index is 0.155. The molecule has 4 nitrogen and oxygen atoms in total. The monoisotopic (exact) mass is 310 g/mol. The molecule has 0 unspecified atom stereocenters. The topological polar surface area (TPSA) is 43.8 Å². The maximum absolute atomic E-state index is 13.7. The van der Waals surface area contributed by atoms with Crippen molar-refractivity contribution in [2.45, 2.75) is 31.4 Å². The van der Waals surface area contributed by atoms with Crippen LogP contribution in [0.4, 0.5) is 8.78 Å². The van der Waals surface area contributed by atoms with Gasteiger partial charge in [-0.1, -0.05) is 6.07 Å². The molecule has 0 radical (unpaired) electrons. The van der Waals surface area contributed by atoms with Gasteiger partial charge < -0.3 is 10.0 Å². The lowest BCUT2D eigenvalue weighted by atomic mass is 10.1. The van der Waals surface area contributed by atoms with Crippen molar-refractivity contribution in [1.82, 2.24) is 9.80 Å². The second kappa shape index (κ2) is 6.30. The van der Waals surface area contributed by atoms with Crippen molar-refractivity contribution in [2.75, 3.05) is 26.2 Å². The molecule has 1 amide bonds. The Morgan fingerprint density at radius 1 is 1.09 bits per heavy atom. The predicted octanol–water partition coefficient (Wildman–Crippen LogP) is 1.64. The average Bonchev–Trinajstić information content (AvgIpc) is 2.93. The first-order valence-corrected chi connectivity index (χ1v) is 7.73. The van der Waals surface area contributed by atoms with E-state index in [0.717, 1.165) is 31.4 Å². The lowest BCUT2D eigenvalue weighted by Crippen LogP contribution is -2.53. The number of rotatable bonds is 2. The van der Waals surface area contributed by atoms with Gasteiger partial charge in [-0.25, -0.2) is 8.78 Å². The Labute approximate surface area is 128 Å². The molecule has 1 aliphatic carbocycles. The number of hydrogen-bond donors (Lipinski definition) is 1. The Balaban J connectivity index is 1.65. The quantitative estimate of drug-likeness (QED) is 0.903. The maximum Gasteiger partial charge on any atom is 0.259 e. The Morgan fingerprint density at radius 3 is 2.27 bits per heavy atom. The van der Waals surface area contributed by atoms with Crippen molar-refractivity contribution in [2.24, 2.45) is 0 Å². The van der Waals surface area contributed by atoms with Crippen molar-refractivity contribution < 1.29 is 18.7 Å². The fraction of sp³-hybridized carbons (Fsp3) is 0.562. The van der Waals surface area contributed by atoms with Crippen LogP contribution in [0, 0.1) is 11.6 Å². The molecular weight excluding hydrogens is 290 g/mol. The van der Waals surface area contributed by atoms with Crippen LogP contribution in [0.5, 0.6) is 0 Å². The predicted molar refractivity (Wildman–Crippen MR) is 77.5 cm³/mol. The van der Waals surface area contributed by atoms with Crippen LogP contribution in [-0.4, -0.2) is 59.1 Å². The number of aliphatic hydroxyl groups is 1. The number of nitrogens with zero attached hydrogens (tertiary/aromatic N) is 2. The highest BCUT2D eigenvalue weighted by atomic mass is 19.1. The summed E-state index contributed by atoms with van der Waals surface area (Å²) in [5.74, 6) is -2.24. The third-order valence-corrected chi connectivity index (χ3v) is 4.69. The van der Waals surface area contributed by atoms with E-state index in [0.29, 0.717) is 26.2 Å². The van der Waals surface area contributed by atoms with E-state index in [1.807, 2.05) is 0 Å². The Hall–Kier alpha value is -1.53. The van der Waals surface area contributed by atoms with Gasteiger partial charge in [-0.05, 0) is 31.4 Å². The molecule has 1 aliphatic heterocycles. The van der Waals surface area contributed by atoms with Gasteiger partial charge in [0.15, 0.2) is 0 Å². The summed E-state index contributed by atoms with van der Waals surface area (Å²) in [6.07, 6.45) is 2.51. The normalized spacial score (nSPS) is 26.4. The summed E-state index contributed by atoms with van der Waals surface area (Å²) in [6.45, 7) is 2.11. The van der Waals surface area contributed by atoms with Crippen LogP contribution >= 0.6 is 0 Å². The molecule has 1 saturated heterocycles. The maximum atomic E-state index is 13.7. The van der Waals surface area contributed by atoms with Crippen molar-refractivity contribution >= 4 is 5.91 Å². The zero-order chi connectivity index (χ0) is 15.7. The van der Waals surface area contributed by atoms with Crippen LogP contribution in [-0.2, 0) is 0 Å². The van der Waals surface area contributed by atoms with E-state index in [2.05, 4.69) is 4.90 Å². The van der Waals surface area contributed by atoms with Crippen molar-refractivity contribution in [3.8, 4) is 0 Å². The second-order valence-corrected chi connectivity index (χ2v) is 5.99. The molecule has 0 aromatic heterocycles. The van der Waals surface area contributed by atoms with E-state index in [1.54, 1.807) is 0 Å². The third kappa shape index (κ3) is 2.85. The largest absolute Gasteiger partial charge is 0.391 e. The molecule has 2 atom stereocenters. The molecule has 0 bridgehead atoms. The summed E-state index contributed by atoms with van der Waals surface area (Å²) >= 11 is 0. The third-order valence-electron chi connectivity index (χ3n) is 4.69. The SMILES string of the molecule is O=C(c1c(F)cccc1F)N1CCN([C@H]2CCC[C@@H]2O)CC1. The van der Waals surface area contributed by atoms with Crippen molar-refractivity contribution in [1.29, 1.82) is 0 Å². The average molecular weight is 310 g/mol. The Bertz CT molecular complexity index is 539. The van der Waals surface area contributed by atoms with Crippen LogP contribution in [0.15, 0.2) is 18.2 Å². The van der Waals surface area contributed by atoms with E-state index in [-0.39, 0.29) is 12.1 Å². The number of carbonyl (C=O) groups excluding carboxylic acids is 1. The lowest BCUT2D eigenvalue weighted by Gasteiger charge is -2.39. The Morgan fingerprint density at radius 2 is 1.73 bits per heavy atom. The van der Waals surface area contributed by atoms with Gasteiger partial charge in [0.25, 0.3) is 5.91 Å². The minimum atomic E-state index is -0.821. The van der Waals surface area contributed by atoms with Gasteiger partial charge >= 0.3 is 0 Å². The van der Waals surface area contributed by atoms with E-state index >= 15 is 0 Å². The van der Waals surface area contributed by atoms with Gasteiger partial charge in [-0.3, -0.25) is 9.69 Å². The number of carbonyl (C=O) groups is 1. The fourth-order valence-electron chi connectivity index (χ4n) is 3.46. The molecule has 1 saturated carbocycles. The number of piperazine rings is 1. The van der Waals surface area contributed by atoms with Gasteiger partial charge in [-0.15, -0.1) is 0 Å². The first kappa shape index (κ1) is 15.4. The number of amides is 1. The summed E-state index contributed by atoms with van der Waals surface area (Å²) < 4.78 is 27.4. The van der Waals surface area contributed by atoms with Crippen LogP contribution < -0.4 is 0 Å². The van der Waals surface area contributed by atoms with E-state index in [9.17, 15) is 18.7 Å². The fourth-order valence-corrected chi connectivity index (χ4v) is 3.46. The summed E-state index contributed by atoms with van der Waals surface area (Å²) in [5, 5.41) is 9.95. The summed E-state index contributed by atoms with van der Waals surface area (Å²) in [4.78, 5) is 16.0. The number of aliphatic hydroxyl groups excluding tert-OH is 1. The van der Waals surface area contributed by atoms with Crippen LogP contribution in [0.25, 0.3) is 0 Å². The summed E-state index contributed by atoms with van der Waals surface area (Å²) in [6, 6.07) is 3.60. The van der Waals surface area contributed by atoms with Gasteiger partial charge in [0.1, 0.15) is 17.2 Å². The first-order valence-electron chi connectivity index (χ1n) is 7.73. The van der Waals surface area contributed by atoms with Gasteiger partial charge in [0.2, 0.25) is 0 Å². The smallest absolute Gasteiger partial charge is 0.259 e. The van der Waals surface area contributed by atoms with E-state index in [1.165, 1.54) is 11.0 Å². The highest BCUT2D eigenvalue weighted by Gasteiger charge is 2.34. The van der Waals surface area contributed by atoms with E-state index in [4.69, 9.17) is 0 Å². The van der Waals surface area contributed by atoms with Gasteiger partial charge in [0.05, 0.1) is 6.10 Å². The molecule has 1 aromatic carbocycles. The molecule has 0 spiro atoms. The van der Waals surface area contributed by atoms with Gasteiger partial charge in [-0.2, -0.15) is 0 Å². The zero-order valence-electron chi connectivity index (χ0n) is 12.3. The zero-order valence-corrected chi connectivity index (χ0v) is 12.3. The van der Waals surface area contributed by atoms with Crippen LogP contribution in [0.2, 0.25) is 0 Å². The molecule has 6 heteroatoms. The first-order chi connectivity index (χ1) is 10.6. The second-order valence-electron chi connectivity index (χ2n) is 5.99. The molecule has 2 fully saturated rings. The lowest BCUT2D eigenvalue weighted by molar-refractivity contribution is 0.0311. The summed E-state index contributed by atoms with van der Waals surface area (Å²) in [7, 11) is 0. The van der Waals surface area contributed by atoms with Crippen molar-refractivity contribution in [3.63, 3.8) is 0 Å². The number of benzene rings is 1. The number of hydrogen-bond acceptors (Lipinski definition) is 3. The molecule has 3 rings (SSSR count). The molecule has 1 aromatic rings. The molecule has 22 heavy (non-hydrogen) atoms. The molecule has 2 aliphatic rings. The molecule has 1 N–H and O–H groups in total. The van der Waals surface area contributed by atoms with Crippen LogP contribution in [0.1, 0.15) is 29.6 Å². The summed E-state index contributed by atoms with van der Waals surface area (Å²) in [5.41, 5.74) is -0.475. The highest BCUT2D eigenvalue weighted by molar-refractivity contribution is 5.94.